The van der Waals surface area contributed by atoms with Crippen molar-refractivity contribution in [3.05, 3.63) is 18.2 Å². The number of benzene rings is 1. The summed E-state index contributed by atoms with van der Waals surface area (Å²) < 4.78 is 33.4. The van der Waals surface area contributed by atoms with E-state index in [2.05, 4.69) is 15.7 Å². The van der Waals surface area contributed by atoms with Gasteiger partial charge in [-0.05, 0) is 18.2 Å². The molecule has 0 radical (unpaired) electrons. The number of aliphatic carboxylic acids is 1. The Bertz CT molecular complexity index is 725. The molecular weight excluding hydrogens is 362 g/mol. The second kappa shape index (κ2) is 11.2. The zero-order valence-electron chi connectivity index (χ0n) is 13.6. The molecule has 0 aliphatic heterocycles. The number of nitrogens with one attached hydrogen (secondary N) is 1. The second-order valence-corrected chi connectivity index (χ2v) is 5.54. The minimum Gasteiger partial charge on any atom is -0.744 e. The van der Waals surface area contributed by atoms with Crippen LogP contribution in [0.1, 0.15) is 6.92 Å². The number of hydrogen-bond acceptors (Lipinski definition) is 8. The predicted molar refractivity (Wildman–Crippen MR) is 70.9 cm³/mol. The van der Waals surface area contributed by atoms with E-state index in [9.17, 15) is 27.7 Å². The van der Waals surface area contributed by atoms with Crippen LogP contribution in [0, 0.1) is 0 Å². The first-order valence-electron chi connectivity index (χ1n) is 5.80. The number of hydrogen-bond donors (Lipinski definition) is 1. The van der Waals surface area contributed by atoms with Crippen LogP contribution in [0.15, 0.2) is 33.4 Å². The van der Waals surface area contributed by atoms with E-state index in [1.807, 2.05) is 0 Å². The van der Waals surface area contributed by atoms with Gasteiger partial charge in [0.05, 0.1) is 17.4 Å². The van der Waals surface area contributed by atoms with Gasteiger partial charge in [0.25, 0.3) is 0 Å². The summed E-state index contributed by atoms with van der Waals surface area (Å²) in [4.78, 5) is 20.7. The topological polar surface area (TPSA) is 154 Å². The van der Waals surface area contributed by atoms with Crippen molar-refractivity contribution < 1.29 is 86.8 Å². The molecule has 0 spiro atoms. The molecule has 120 valence electrons. The molecule has 0 heterocycles. The van der Waals surface area contributed by atoms with Crippen LogP contribution in [0.25, 0.3) is 0 Å². The molecule has 1 amide bonds. The quantitative estimate of drug-likeness (QED) is 0.225. The van der Waals surface area contributed by atoms with Crippen LogP contribution in [0.5, 0.6) is 0 Å². The molecule has 13 heteroatoms. The number of carbonyl (C=O) groups excluding carboxylic acids is 2. The van der Waals surface area contributed by atoms with Crippen LogP contribution >= 0.6 is 0 Å². The van der Waals surface area contributed by atoms with E-state index in [0.29, 0.717) is 0 Å². The van der Waals surface area contributed by atoms with E-state index in [-0.39, 0.29) is 70.5 Å². The average Bonchev–Trinajstić information content (AvgIpc) is 2.33. The van der Waals surface area contributed by atoms with Gasteiger partial charge in [0.2, 0.25) is 5.91 Å². The summed E-state index contributed by atoms with van der Waals surface area (Å²) in [6.07, 6.45) is 0. The number of amides is 1. The minimum atomic E-state index is -4.81. The van der Waals surface area contributed by atoms with Gasteiger partial charge in [-0.15, -0.1) is 5.11 Å². The Labute approximate surface area is 183 Å². The van der Waals surface area contributed by atoms with Crippen molar-refractivity contribution in [3.63, 3.8) is 0 Å². The van der Waals surface area contributed by atoms with Gasteiger partial charge in [-0.1, -0.05) is 5.22 Å². The summed E-state index contributed by atoms with van der Waals surface area (Å²) in [6, 6.07) is 3.32. The molecule has 10 nitrogen and oxygen atoms in total. The van der Waals surface area contributed by atoms with Gasteiger partial charge < -0.3 is 19.8 Å². The summed E-state index contributed by atoms with van der Waals surface area (Å²) in [6.45, 7) is 0.668. The van der Waals surface area contributed by atoms with Gasteiger partial charge in [0, 0.05) is 19.7 Å². The average molecular weight is 374 g/mol. The Morgan fingerprint density at radius 1 is 1.29 bits per heavy atom. The molecule has 0 saturated carbocycles. The number of carboxylic acid groups (broad SMARTS) is 1. The second-order valence-electron chi connectivity index (χ2n) is 4.20. The molecule has 1 aromatic rings. The standard InChI is InChI=1S/C11H14N4O6S.2Na/c1-7(16)12-8-3-4-10(22(19,20)21)9(5-8)13-14-15(2)6-11(17)18;;/h3-5H,6H2,1-2H3,(H,12,16)(H,17,18)(H,19,20,21);;/q;2*+1/p-2. The maximum atomic E-state index is 11.1. The number of carboxylic acids is 1. The third-order valence-electron chi connectivity index (χ3n) is 2.21. The van der Waals surface area contributed by atoms with E-state index < -0.39 is 33.4 Å². The molecular formula is C11H12N4Na2O6S. The first-order valence-corrected chi connectivity index (χ1v) is 7.20. The van der Waals surface area contributed by atoms with Crippen molar-refractivity contribution in [1.29, 1.82) is 0 Å². The monoisotopic (exact) mass is 374 g/mol. The van der Waals surface area contributed by atoms with Gasteiger partial charge in [-0.2, -0.15) is 0 Å². The van der Waals surface area contributed by atoms with Gasteiger partial charge in [-0.25, -0.2) is 8.42 Å². The summed E-state index contributed by atoms with van der Waals surface area (Å²) >= 11 is 0. The van der Waals surface area contributed by atoms with Crippen LogP contribution in [0.2, 0.25) is 0 Å². The molecule has 1 aromatic carbocycles. The first-order chi connectivity index (χ1) is 10.1. The molecule has 1 N–H and O–H groups in total. The first kappa shape index (κ1) is 25.7. The third kappa shape index (κ3) is 9.08. The maximum absolute atomic E-state index is 11.1. The van der Waals surface area contributed by atoms with Crippen LogP contribution in [0.4, 0.5) is 11.4 Å². The molecule has 0 aliphatic rings. The minimum absolute atomic E-state index is 0. The Morgan fingerprint density at radius 2 is 1.88 bits per heavy atom. The normalized spacial score (nSPS) is 10.5. The molecule has 0 fully saturated rings. The van der Waals surface area contributed by atoms with Gasteiger partial charge >= 0.3 is 59.1 Å². The number of anilines is 1. The Kier molecular flexibility index (Phi) is 11.9. The number of carbonyl (C=O) groups is 2. The van der Waals surface area contributed by atoms with Gasteiger partial charge in [0.15, 0.2) is 0 Å². The van der Waals surface area contributed by atoms with Crippen molar-refractivity contribution >= 4 is 33.4 Å². The zero-order valence-corrected chi connectivity index (χ0v) is 18.5. The molecule has 0 aromatic heterocycles. The largest absolute Gasteiger partial charge is 1.00 e. The fourth-order valence-electron chi connectivity index (χ4n) is 1.43. The van der Waals surface area contributed by atoms with E-state index in [0.717, 1.165) is 17.1 Å². The fourth-order valence-corrected chi connectivity index (χ4v) is 2.02. The summed E-state index contributed by atoms with van der Waals surface area (Å²) in [7, 11) is -3.55. The number of likely N-dealkylation sites (N-methyl/N-ethyl adjacent to an activating group) is 1. The maximum Gasteiger partial charge on any atom is 1.00 e. The van der Waals surface area contributed by atoms with Crippen LogP contribution in [-0.4, -0.2) is 43.4 Å². The van der Waals surface area contributed by atoms with Crippen molar-refractivity contribution in [1.82, 2.24) is 5.01 Å². The molecule has 0 aliphatic carbocycles. The molecule has 0 saturated heterocycles. The molecule has 1 rings (SSSR count). The predicted octanol–water partition coefficient (Wildman–Crippen LogP) is -6.76. The van der Waals surface area contributed by atoms with E-state index in [1.165, 1.54) is 20.0 Å². The van der Waals surface area contributed by atoms with Crippen molar-refractivity contribution in [2.45, 2.75) is 11.8 Å². The molecule has 24 heavy (non-hydrogen) atoms. The Morgan fingerprint density at radius 3 is 2.33 bits per heavy atom. The number of nitrogens with zero attached hydrogens (tertiary/aromatic N) is 3. The van der Waals surface area contributed by atoms with Crippen molar-refractivity contribution in [2.75, 3.05) is 18.9 Å². The summed E-state index contributed by atoms with van der Waals surface area (Å²) in [5.74, 6) is -1.82. The van der Waals surface area contributed by atoms with Gasteiger partial charge in [-0.3, -0.25) is 9.80 Å². The zero-order chi connectivity index (χ0) is 16.9. The van der Waals surface area contributed by atoms with Crippen LogP contribution in [-0.2, 0) is 19.7 Å². The van der Waals surface area contributed by atoms with Crippen molar-refractivity contribution in [2.24, 2.45) is 10.3 Å². The van der Waals surface area contributed by atoms with Gasteiger partial charge in [0.1, 0.15) is 15.8 Å². The van der Waals surface area contributed by atoms with E-state index in [4.69, 9.17) is 0 Å². The molecule has 0 atom stereocenters. The molecule has 0 unspecified atom stereocenters. The van der Waals surface area contributed by atoms with Crippen LogP contribution < -0.4 is 69.5 Å². The van der Waals surface area contributed by atoms with E-state index in [1.54, 1.807) is 0 Å². The van der Waals surface area contributed by atoms with Crippen molar-refractivity contribution in [3.8, 4) is 0 Å². The SMILES string of the molecule is CC(=O)Nc1ccc(S(=O)(=O)[O-])c(N=NN(C)CC(=O)[O-])c1.[Na+].[Na+]. The fraction of sp³-hybridized carbons (Fsp3) is 0.273. The third-order valence-corrected chi connectivity index (χ3v) is 3.10. The smallest absolute Gasteiger partial charge is 0.744 e. The Hall–Kier alpha value is -0.530. The molecule has 0 bridgehead atoms. The van der Waals surface area contributed by atoms with E-state index >= 15 is 0 Å². The summed E-state index contributed by atoms with van der Waals surface area (Å²) in [5.41, 5.74) is -0.122. The van der Waals surface area contributed by atoms with Crippen LogP contribution in [0.3, 0.4) is 0 Å². The number of rotatable bonds is 6. The summed E-state index contributed by atoms with van der Waals surface area (Å²) in [5, 5.41) is 20.6. The Balaban J connectivity index is 0.